The predicted molar refractivity (Wildman–Crippen MR) is 158 cm³/mol. The van der Waals surface area contributed by atoms with Gasteiger partial charge in [0, 0.05) is 35.4 Å². The van der Waals surface area contributed by atoms with Crippen molar-refractivity contribution in [2.24, 2.45) is 17.4 Å². The second kappa shape index (κ2) is 15.7. The van der Waals surface area contributed by atoms with E-state index in [2.05, 4.69) is 30.9 Å². The van der Waals surface area contributed by atoms with Crippen molar-refractivity contribution < 1.29 is 24.3 Å². The molecule has 42 heavy (non-hydrogen) atoms. The topological polar surface area (TPSA) is 221 Å². The molecule has 10 N–H and O–H groups in total. The van der Waals surface area contributed by atoms with Crippen LogP contribution >= 0.6 is 0 Å². The van der Waals surface area contributed by atoms with Crippen molar-refractivity contribution in [3.05, 3.63) is 54.2 Å². The van der Waals surface area contributed by atoms with Crippen LogP contribution in [0.5, 0.6) is 0 Å². The van der Waals surface area contributed by atoms with E-state index in [0.29, 0.717) is 25.1 Å². The molecule has 0 saturated heterocycles. The highest BCUT2D eigenvalue weighted by Gasteiger charge is 2.31. The van der Waals surface area contributed by atoms with Crippen molar-refractivity contribution in [1.82, 2.24) is 30.9 Å². The molecule has 0 spiro atoms. The number of hydrogen-bond donors (Lipinski definition) is 8. The Hall–Kier alpha value is -4.23. The Morgan fingerprint density at radius 3 is 2.29 bits per heavy atom. The molecule has 3 rings (SSSR count). The normalized spacial score (nSPS) is 14.2. The maximum absolute atomic E-state index is 13.5. The Bertz CT molecular complexity index is 1320. The summed E-state index contributed by atoms with van der Waals surface area (Å²) in [6.45, 7) is 4.12. The number of rotatable bonds is 17. The molecule has 13 heteroatoms. The fraction of sp³-hybridized carbons (Fsp3) is 0.483. The molecule has 3 aromatic rings. The van der Waals surface area contributed by atoms with Gasteiger partial charge in [0.05, 0.1) is 12.4 Å². The number of nitrogens with zero attached hydrogens (tertiary/aromatic N) is 1. The third kappa shape index (κ3) is 9.42. The lowest BCUT2D eigenvalue weighted by Gasteiger charge is -2.25. The summed E-state index contributed by atoms with van der Waals surface area (Å²) in [5.74, 6) is -2.91. The molecule has 0 aliphatic rings. The van der Waals surface area contributed by atoms with Gasteiger partial charge in [0.2, 0.25) is 17.7 Å². The zero-order valence-corrected chi connectivity index (χ0v) is 24.1. The van der Waals surface area contributed by atoms with Crippen LogP contribution < -0.4 is 27.4 Å². The van der Waals surface area contributed by atoms with E-state index >= 15 is 0 Å². The van der Waals surface area contributed by atoms with Crippen molar-refractivity contribution >= 4 is 34.6 Å². The first-order valence-corrected chi connectivity index (χ1v) is 14.2. The SMILES string of the molecule is CC(C)CC(NC(=O)C(Cc1cnc[nH]1)NC(=O)C(CCCCN)NC(=O)C(N)Cc1c[nH]c2ccccc12)C(=O)O. The van der Waals surface area contributed by atoms with E-state index in [0.717, 1.165) is 16.5 Å². The van der Waals surface area contributed by atoms with Crippen molar-refractivity contribution in [3.63, 3.8) is 0 Å². The second-order valence-corrected chi connectivity index (χ2v) is 10.9. The Morgan fingerprint density at radius 1 is 0.929 bits per heavy atom. The van der Waals surface area contributed by atoms with Crippen LogP contribution in [-0.4, -0.2) is 74.5 Å². The summed E-state index contributed by atoms with van der Waals surface area (Å²) in [6, 6.07) is 3.52. The molecule has 228 valence electrons. The first-order valence-electron chi connectivity index (χ1n) is 14.2. The van der Waals surface area contributed by atoms with E-state index in [1.165, 1.54) is 12.5 Å². The van der Waals surface area contributed by atoms with Gasteiger partial charge in [-0.3, -0.25) is 14.4 Å². The summed E-state index contributed by atoms with van der Waals surface area (Å²) < 4.78 is 0. The monoisotopic (exact) mass is 582 g/mol. The van der Waals surface area contributed by atoms with Gasteiger partial charge in [0.25, 0.3) is 0 Å². The summed E-state index contributed by atoms with van der Waals surface area (Å²) in [5.41, 5.74) is 14.3. The lowest BCUT2D eigenvalue weighted by Crippen LogP contribution is -2.57. The lowest BCUT2D eigenvalue weighted by atomic mass is 10.0. The van der Waals surface area contributed by atoms with E-state index in [1.54, 1.807) is 0 Å². The standard InChI is InChI=1S/C29H42N8O5/c1-17(2)11-25(29(41)42)37-28(40)24(13-19-15-32-16-34-19)36-27(39)23(9-5-6-10-30)35-26(38)21(31)12-18-14-33-22-8-4-3-7-20(18)22/h3-4,7-8,14-17,21,23-25,33H,5-6,9-13,30-31H2,1-2H3,(H,32,34)(H,35,38)(H,36,39)(H,37,40)(H,41,42). The Labute approximate surface area is 244 Å². The number of carboxylic acid groups (broad SMARTS) is 1. The molecule has 0 aliphatic heterocycles. The number of carbonyl (C=O) groups excluding carboxylic acids is 3. The molecule has 4 atom stereocenters. The third-order valence-corrected chi connectivity index (χ3v) is 6.96. The van der Waals surface area contributed by atoms with Crippen LogP contribution in [0.3, 0.4) is 0 Å². The van der Waals surface area contributed by atoms with Gasteiger partial charge in [0.1, 0.15) is 18.1 Å². The van der Waals surface area contributed by atoms with E-state index in [1.807, 2.05) is 44.3 Å². The molecule has 3 amide bonds. The number of H-pyrrole nitrogens is 2. The summed E-state index contributed by atoms with van der Waals surface area (Å²) in [7, 11) is 0. The number of fused-ring (bicyclic) bond motifs is 1. The molecule has 1 aromatic carbocycles. The fourth-order valence-corrected chi connectivity index (χ4v) is 4.73. The predicted octanol–water partition coefficient (Wildman–Crippen LogP) is 0.718. The molecule has 0 fully saturated rings. The molecule has 0 aliphatic carbocycles. The number of amides is 3. The van der Waals surface area contributed by atoms with Gasteiger partial charge in [-0.25, -0.2) is 9.78 Å². The minimum atomic E-state index is -1.17. The van der Waals surface area contributed by atoms with E-state index < -0.39 is 47.9 Å². The van der Waals surface area contributed by atoms with Crippen LogP contribution in [0.1, 0.15) is 50.8 Å². The number of aromatic nitrogens is 3. The van der Waals surface area contributed by atoms with Crippen LogP contribution in [0, 0.1) is 5.92 Å². The number of unbranched alkanes of at least 4 members (excludes halogenated alkanes) is 1. The zero-order chi connectivity index (χ0) is 30.6. The van der Waals surface area contributed by atoms with Crippen LogP contribution in [0.25, 0.3) is 10.9 Å². The average Bonchev–Trinajstić information content (AvgIpc) is 3.61. The van der Waals surface area contributed by atoms with Crippen molar-refractivity contribution in [2.45, 2.75) is 76.5 Å². The van der Waals surface area contributed by atoms with Crippen LogP contribution in [0.2, 0.25) is 0 Å². The van der Waals surface area contributed by atoms with E-state index in [-0.39, 0.29) is 31.6 Å². The van der Waals surface area contributed by atoms with Gasteiger partial charge in [-0.2, -0.15) is 0 Å². The van der Waals surface area contributed by atoms with Gasteiger partial charge in [0.15, 0.2) is 0 Å². The number of benzene rings is 1. The quantitative estimate of drug-likeness (QED) is 0.106. The highest BCUT2D eigenvalue weighted by Crippen LogP contribution is 2.19. The number of nitrogens with one attached hydrogen (secondary N) is 5. The summed E-state index contributed by atoms with van der Waals surface area (Å²) >= 11 is 0. The number of carboxylic acids is 1. The summed E-state index contributed by atoms with van der Waals surface area (Å²) in [5, 5.41) is 18.6. The van der Waals surface area contributed by atoms with Crippen molar-refractivity contribution in [2.75, 3.05) is 6.54 Å². The van der Waals surface area contributed by atoms with Gasteiger partial charge in [-0.15, -0.1) is 0 Å². The molecular formula is C29H42N8O5. The number of hydrogen-bond acceptors (Lipinski definition) is 7. The molecule has 0 radical (unpaired) electrons. The number of carbonyl (C=O) groups is 4. The minimum absolute atomic E-state index is 0.0163. The smallest absolute Gasteiger partial charge is 0.326 e. The maximum atomic E-state index is 13.5. The first kappa shape index (κ1) is 32.3. The van der Waals surface area contributed by atoms with Gasteiger partial charge >= 0.3 is 5.97 Å². The van der Waals surface area contributed by atoms with Crippen LogP contribution in [0.15, 0.2) is 43.0 Å². The number of aliphatic carboxylic acids is 1. The Kier molecular flexibility index (Phi) is 12.1. The van der Waals surface area contributed by atoms with Crippen molar-refractivity contribution in [3.8, 4) is 0 Å². The highest BCUT2D eigenvalue weighted by molar-refractivity contribution is 5.94. The molecule has 13 nitrogen and oxygen atoms in total. The first-order chi connectivity index (χ1) is 20.1. The second-order valence-electron chi connectivity index (χ2n) is 10.9. The van der Waals surface area contributed by atoms with Crippen LogP contribution in [0.4, 0.5) is 0 Å². The van der Waals surface area contributed by atoms with Gasteiger partial charge in [-0.05, 0) is 56.2 Å². The van der Waals surface area contributed by atoms with E-state index in [9.17, 15) is 24.3 Å². The largest absolute Gasteiger partial charge is 0.480 e. The zero-order valence-electron chi connectivity index (χ0n) is 24.1. The highest BCUT2D eigenvalue weighted by atomic mass is 16.4. The molecule has 0 saturated carbocycles. The minimum Gasteiger partial charge on any atom is -0.480 e. The third-order valence-electron chi connectivity index (χ3n) is 6.96. The van der Waals surface area contributed by atoms with E-state index in [4.69, 9.17) is 11.5 Å². The fourth-order valence-electron chi connectivity index (χ4n) is 4.73. The molecule has 2 heterocycles. The number of nitrogens with two attached hydrogens (primary N) is 2. The van der Waals surface area contributed by atoms with Gasteiger partial charge in [-0.1, -0.05) is 32.0 Å². The molecule has 2 aromatic heterocycles. The van der Waals surface area contributed by atoms with Gasteiger partial charge < -0.3 is 42.5 Å². The summed E-state index contributed by atoms with van der Waals surface area (Å²) in [6.07, 6.45) is 6.74. The number of aromatic amines is 2. The number of para-hydroxylation sites is 1. The van der Waals surface area contributed by atoms with Crippen LogP contribution in [-0.2, 0) is 32.0 Å². The maximum Gasteiger partial charge on any atom is 0.326 e. The number of imidazole rings is 1. The van der Waals surface area contributed by atoms with Crippen molar-refractivity contribution in [1.29, 1.82) is 0 Å². The lowest BCUT2D eigenvalue weighted by molar-refractivity contribution is -0.142. The molecule has 0 bridgehead atoms. The summed E-state index contributed by atoms with van der Waals surface area (Å²) in [4.78, 5) is 61.7. The average molecular weight is 583 g/mol. The molecular weight excluding hydrogens is 540 g/mol. The Morgan fingerprint density at radius 2 is 1.62 bits per heavy atom. The Balaban J connectivity index is 1.73. The molecule has 4 unspecified atom stereocenters.